The Bertz CT molecular complexity index is 1270. The van der Waals surface area contributed by atoms with Crippen LogP contribution in [0.5, 0.6) is 0 Å². The molecule has 8 heteroatoms. The monoisotopic (exact) mass is 376 g/mol. The second-order valence-corrected chi connectivity index (χ2v) is 6.81. The number of fused-ring (bicyclic) bond motifs is 1. The zero-order valence-electron chi connectivity index (χ0n) is 15.3. The van der Waals surface area contributed by atoms with Gasteiger partial charge in [0.15, 0.2) is 5.65 Å². The van der Waals surface area contributed by atoms with E-state index in [1.54, 1.807) is 35.3 Å². The van der Waals surface area contributed by atoms with E-state index in [-0.39, 0.29) is 35.0 Å². The van der Waals surface area contributed by atoms with Crippen molar-refractivity contribution in [1.82, 2.24) is 24.4 Å². The van der Waals surface area contributed by atoms with Crippen LogP contribution < -0.4 is 5.56 Å². The highest BCUT2D eigenvalue weighted by atomic mass is 19.1. The van der Waals surface area contributed by atoms with E-state index in [4.69, 9.17) is 0 Å². The first-order chi connectivity index (χ1) is 13.5. The molecule has 140 valence electrons. The SMILES string of the molecule is CC(C)c1c(-c2cnn(Cc3ccccc3F)c2)nc2c(C#N)c[nH]n2c1=O. The van der Waals surface area contributed by atoms with Crippen molar-refractivity contribution in [3.63, 3.8) is 0 Å². The standard InChI is InChI=1S/C20H17FN6O/c1-12(2)17-18(25-19-14(7-22)8-24-27(19)20(17)28)15-9-23-26(11-15)10-13-5-3-4-6-16(13)21/h3-6,8-9,11-12,24H,10H2,1-2H3. The Labute approximate surface area is 159 Å². The van der Waals surface area contributed by atoms with Crippen LogP contribution in [0.15, 0.2) is 47.7 Å². The normalized spacial score (nSPS) is 11.2. The quantitative estimate of drug-likeness (QED) is 0.592. The number of benzene rings is 1. The van der Waals surface area contributed by atoms with Gasteiger partial charge in [-0.05, 0) is 12.0 Å². The molecule has 1 aromatic carbocycles. The van der Waals surface area contributed by atoms with Crippen LogP contribution >= 0.6 is 0 Å². The zero-order valence-corrected chi connectivity index (χ0v) is 15.3. The summed E-state index contributed by atoms with van der Waals surface area (Å²) in [5.41, 5.74) is 2.47. The number of aromatic nitrogens is 5. The third kappa shape index (κ3) is 2.87. The summed E-state index contributed by atoms with van der Waals surface area (Å²) in [5.74, 6) is -0.387. The van der Waals surface area contributed by atoms with E-state index in [9.17, 15) is 14.4 Å². The Morgan fingerprint density at radius 1 is 1.32 bits per heavy atom. The Hall–Kier alpha value is -3.73. The molecule has 0 aliphatic rings. The topological polar surface area (TPSA) is 91.8 Å². The minimum Gasteiger partial charge on any atom is -0.295 e. The summed E-state index contributed by atoms with van der Waals surface area (Å²) >= 11 is 0. The molecule has 0 aliphatic heterocycles. The maximum atomic E-state index is 13.9. The summed E-state index contributed by atoms with van der Waals surface area (Å²) in [6, 6.07) is 8.54. The summed E-state index contributed by atoms with van der Waals surface area (Å²) in [6.07, 6.45) is 4.79. The van der Waals surface area contributed by atoms with E-state index < -0.39 is 0 Å². The lowest BCUT2D eigenvalue weighted by Crippen LogP contribution is -2.22. The van der Waals surface area contributed by atoms with E-state index in [0.717, 1.165) is 0 Å². The van der Waals surface area contributed by atoms with E-state index in [2.05, 4.69) is 15.2 Å². The number of hydrogen-bond acceptors (Lipinski definition) is 4. The maximum absolute atomic E-state index is 13.9. The number of aromatic amines is 1. The van der Waals surface area contributed by atoms with E-state index in [1.807, 2.05) is 19.9 Å². The molecule has 0 fully saturated rings. The van der Waals surface area contributed by atoms with Crippen LogP contribution in [0.1, 0.15) is 36.5 Å². The number of nitrogens with zero attached hydrogens (tertiary/aromatic N) is 5. The molecule has 4 aromatic rings. The van der Waals surface area contributed by atoms with E-state index in [1.165, 1.54) is 16.8 Å². The molecule has 0 saturated heterocycles. The number of halogens is 1. The van der Waals surface area contributed by atoms with Crippen LogP contribution in [0, 0.1) is 17.1 Å². The van der Waals surface area contributed by atoms with Crippen LogP contribution in [0.25, 0.3) is 16.9 Å². The number of H-pyrrole nitrogens is 1. The summed E-state index contributed by atoms with van der Waals surface area (Å²) in [7, 11) is 0. The van der Waals surface area contributed by atoms with Gasteiger partial charge < -0.3 is 0 Å². The molecular weight excluding hydrogens is 359 g/mol. The van der Waals surface area contributed by atoms with Crippen molar-refractivity contribution < 1.29 is 4.39 Å². The minimum absolute atomic E-state index is 0.0874. The molecule has 0 aliphatic carbocycles. The van der Waals surface area contributed by atoms with Crippen LogP contribution in [0.4, 0.5) is 4.39 Å². The molecule has 0 unspecified atom stereocenters. The zero-order chi connectivity index (χ0) is 19.8. The lowest BCUT2D eigenvalue weighted by atomic mass is 10.00. The van der Waals surface area contributed by atoms with Gasteiger partial charge in [0, 0.05) is 29.1 Å². The Balaban J connectivity index is 1.84. The predicted molar refractivity (Wildman–Crippen MR) is 101 cm³/mol. The number of hydrogen-bond donors (Lipinski definition) is 1. The fourth-order valence-electron chi connectivity index (χ4n) is 3.22. The van der Waals surface area contributed by atoms with Crippen molar-refractivity contribution in [2.75, 3.05) is 0 Å². The molecule has 0 saturated carbocycles. The van der Waals surface area contributed by atoms with Gasteiger partial charge in [-0.1, -0.05) is 32.0 Å². The number of nitriles is 1. The third-order valence-corrected chi connectivity index (χ3v) is 4.59. The van der Waals surface area contributed by atoms with Gasteiger partial charge in [0.05, 0.1) is 18.4 Å². The van der Waals surface area contributed by atoms with Crippen molar-refractivity contribution in [2.24, 2.45) is 0 Å². The minimum atomic E-state index is -0.300. The lowest BCUT2D eigenvalue weighted by molar-refractivity contribution is 0.585. The second-order valence-electron chi connectivity index (χ2n) is 6.81. The van der Waals surface area contributed by atoms with Crippen molar-refractivity contribution in [3.05, 3.63) is 75.7 Å². The van der Waals surface area contributed by atoms with Crippen molar-refractivity contribution >= 4 is 5.65 Å². The molecule has 4 rings (SSSR count). The van der Waals surface area contributed by atoms with Crippen LogP contribution in [-0.4, -0.2) is 24.4 Å². The first-order valence-corrected chi connectivity index (χ1v) is 8.80. The highest BCUT2D eigenvalue weighted by molar-refractivity contribution is 5.67. The smallest absolute Gasteiger partial charge is 0.276 e. The van der Waals surface area contributed by atoms with Crippen LogP contribution in [-0.2, 0) is 6.54 Å². The molecule has 3 aromatic heterocycles. The van der Waals surface area contributed by atoms with Gasteiger partial charge in [-0.3, -0.25) is 14.6 Å². The van der Waals surface area contributed by atoms with Gasteiger partial charge in [-0.15, -0.1) is 0 Å². The van der Waals surface area contributed by atoms with E-state index >= 15 is 0 Å². The molecule has 3 heterocycles. The van der Waals surface area contributed by atoms with Crippen molar-refractivity contribution in [2.45, 2.75) is 26.3 Å². The van der Waals surface area contributed by atoms with Gasteiger partial charge in [0.25, 0.3) is 5.56 Å². The van der Waals surface area contributed by atoms with Crippen LogP contribution in [0.2, 0.25) is 0 Å². The molecular formula is C20H17FN6O. The number of nitrogens with one attached hydrogen (secondary N) is 1. The maximum Gasteiger partial charge on any atom is 0.276 e. The fourth-order valence-corrected chi connectivity index (χ4v) is 3.22. The average molecular weight is 376 g/mol. The highest BCUT2D eigenvalue weighted by Crippen LogP contribution is 2.26. The Morgan fingerprint density at radius 3 is 2.82 bits per heavy atom. The molecule has 0 atom stereocenters. The largest absolute Gasteiger partial charge is 0.295 e. The van der Waals surface area contributed by atoms with Gasteiger partial charge in [-0.25, -0.2) is 13.9 Å². The second kappa shape index (κ2) is 6.78. The fraction of sp³-hybridized carbons (Fsp3) is 0.200. The Kier molecular flexibility index (Phi) is 4.28. The lowest BCUT2D eigenvalue weighted by Gasteiger charge is -2.10. The molecule has 0 amide bonds. The molecule has 7 nitrogen and oxygen atoms in total. The number of rotatable bonds is 4. The van der Waals surface area contributed by atoms with Crippen molar-refractivity contribution in [1.29, 1.82) is 5.26 Å². The summed E-state index contributed by atoms with van der Waals surface area (Å²) in [4.78, 5) is 17.5. The third-order valence-electron chi connectivity index (χ3n) is 4.59. The molecule has 0 radical (unpaired) electrons. The summed E-state index contributed by atoms with van der Waals surface area (Å²) in [5, 5.41) is 16.4. The highest BCUT2D eigenvalue weighted by Gasteiger charge is 2.20. The van der Waals surface area contributed by atoms with Gasteiger partial charge in [0.1, 0.15) is 17.4 Å². The van der Waals surface area contributed by atoms with Gasteiger partial charge in [0.2, 0.25) is 0 Å². The van der Waals surface area contributed by atoms with Gasteiger partial charge >= 0.3 is 0 Å². The van der Waals surface area contributed by atoms with E-state index in [0.29, 0.717) is 22.4 Å². The summed E-state index contributed by atoms with van der Waals surface area (Å²) < 4.78 is 16.8. The summed E-state index contributed by atoms with van der Waals surface area (Å²) in [6.45, 7) is 4.08. The first kappa shape index (κ1) is 17.7. The molecule has 0 bridgehead atoms. The molecule has 1 N–H and O–H groups in total. The first-order valence-electron chi connectivity index (χ1n) is 8.80. The average Bonchev–Trinajstić information content (AvgIpc) is 3.30. The molecule has 28 heavy (non-hydrogen) atoms. The Morgan fingerprint density at radius 2 is 2.11 bits per heavy atom. The van der Waals surface area contributed by atoms with Crippen LogP contribution in [0.3, 0.4) is 0 Å². The van der Waals surface area contributed by atoms with Gasteiger partial charge in [-0.2, -0.15) is 10.4 Å². The molecule has 0 spiro atoms. The van der Waals surface area contributed by atoms with Crippen molar-refractivity contribution in [3.8, 4) is 17.3 Å². The predicted octanol–water partition coefficient (Wildman–Crippen LogP) is 3.07.